The van der Waals surface area contributed by atoms with Crippen molar-refractivity contribution in [3.63, 3.8) is 0 Å². The normalized spacial score (nSPS) is 10.7. The van der Waals surface area contributed by atoms with E-state index in [0.717, 1.165) is 18.6 Å². The molecule has 1 heteroatoms. The van der Waals surface area contributed by atoms with Gasteiger partial charge in [-0.15, -0.1) is 0 Å². The van der Waals surface area contributed by atoms with Gasteiger partial charge in [-0.25, -0.2) is 0 Å². The number of hydrogen-bond acceptors (Lipinski definition) is 1. The lowest BCUT2D eigenvalue weighted by molar-refractivity contribution is 0.340. The van der Waals surface area contributed by atoms with Crippen molar-refractivity contribution in [2.24, 2.45) is 0 Å². The fourth-order valence-electron chi connectivity index (χ4n) is 1.21. The van der Waals surface area contributed by atoms with Crippen LogP contribution in [0.25, 0.3) is 6.08 Å². The number of ether oxygens (including phenoxy) is 1. The zero-order valence-electron chi connectivity index (χ0n) is 8.70. The minimum atomic E-state index is 0.714. The molecule has 0 aliphatic rings. The highest BCUT2D eigenvalue weighted by molar-refractivity contribution is 5.51. The van der Waals surface area contributed by atoms with Gasteiger partial charge in [0.2, 0.25) is 0 Å². The van der Waals surface area contributed by atoms with Crippen LogP contribution >= 0.6 is 0 Å². The Morgan fingerprint density at radius 3 is 3.00 bits per heavy atom. The lowest BCUT2D eigenvalue weighted by atomic mass is 10.2. The van der Waals surface area contributed by atoms with E-state index in [2.05, 4.69) is 25.1 Å². The Balaban J connectivity index is 2.63. The molecule has 1 rings (SSSR count). The van der Waals surface area contributed by atoms with Crippen molar-refractivity contribution in [3.05, 3.63) is 42.8 Å². The molecule has 0 aliphatic heterocycles. The van der Waals surface area contributed by atoms with Crippen molar-refractivity contribution >= 4 is 6.08 Å². The van der Waals surface area contributed by atoms with Crippen molar-refractivity contribution < 1.29 is 4.74 Å². The quantitative estimate of drug-likeness (QED) is 0.686. The van der Waals surface area contributed by atoms with Crippen LogP contribution in [0.1, 0.15) is 25.3 Å². The van der Waals surface area contributed by atoms with E-state index < -0.39 is 0 Å². The van der Waals surface area contributed by atoms with Gasteiger partial charge in [-0.1, -0.05) is 31.2 Å². The summed E-state index contributed by atoms with van der Waals surface area (Å²) in [6.45, 7) is 6.49. The first kappa shape index (κ1) is 10.8. The van der Waals surface area contributed by atoms with Crippen molar-refractivity contribution in [2.45, 2.75) is 19.8 Å². The van der Waals surface area contributed by atoms with E-state index in [1.807, 2.05) is 25.1 Å². The average molecular weight is 189 g/mol. The fraction of sp³-hybridized carbons (Fsp3) is 0.308. The lowest BCUT2D eigenvalue weighted by Gasteiger charge is -2.02. The Hall–Kier alpha value is -1.24. The average Bonchev–Trinajstić information content (AvgIpc) is 2.19. The Morgan fingerprint density at radius 2 is 2.29 bits per heavy atom. The third-order valence-electron chi connectivity index (χ3n) is 1.85. The van der Waals surface area contributed by atoms with Crippen molar-refractivity contribution in [1.29, 1.82) is 0 Å². The zero-order valence-corrected chi connectivity index (χ0v) is 8.70. The molecule has 1 radical (unpaired) electrons. The van der Waals surface area contributed by atoms with Gasteiger partial charge >= 0.3 is 0 Å². The fourth-order valence-corrected chi connectivity index (χ4v) is 1.21. The van der Waals surface area contributed by atoms with E-state index in [4.69, 9.17) is 4.74 Å². The summed E-state index contributed by atoms with van der Waals surface area (Å²) in [7, 11) is 0. The molecule has 0 saturated heterocycles. The van der Waals surface area contributed by atoms with Crippen LogP contribution in [0.15, 0.2) is 30.3 Å². The van der Waals surface area contributed by atoms with Crippen LogP contribution in [-0.4, -0.2) is 6.61 Å². The number of rotatable bonds is 5. The molecule has 0 unspecified atom stereocenters. The largest absolute Gasteiger partial charge is 0.494 e. The summed E-state index contributed by atoms with van der Waals surface area (Å²) in [5, 5.41) is 0. The first-order chi connectivity index (χ1) is 6.86. The molecule has 0 fully saturated rings. The van der Waals surface area contributed by atoms with Gasteiger partial charge in [0.25, 0.3) is 0 Å². The Labute approximate surface area is 86.4 Å². The molecule has 0 amide bonds. The van der Waals surface area contributed by atoms with Crippen LogP contribution in [0.3, 0.4) is 0 Å². The van der Waals surface area contributed by atoms with E-state index in [1.54, 1.807) is 0 Å². The SMILES string of the molecule is [CH2]CCC=Cc1cccc(OCC)c1. The van der Waals surface area contributed by atoms with Gasteiger partial charge in [0.1, 0.15) is 5.75 Å². The maximum atomic E-state index is 5.41. The minimum Gasteiger partial charge on any atom is -0.494 e. The van der Waals surface area contributed by atoms with E-state index in [-0.39, 0.29) is 0 Å². The van der Waals surface area contributed by atoms with Gasteiger partial charge < -0.3 is 4.74 Å². The van der Waals surface area contributed by atoms with Crippen molar-refractivity contribution in [3.8, 4) is 5.75 Å². The van der Waals surface area contributed by atoms with E-state index in [1.165, 1.54) is 5.56 Å². The third-order valence-corrected chi connectivity index (χ3v) is 1.85. The Bertz CT molecular complexity index is 289. The van der Waals surface area contributed by atoms with Crippen molar-refractivity contribution in [2.75, 3.05) is 6.61 Å². The van der Waals surface area contributed by atoms with Crippen LogP contribution in [0.5, 0.6) is 5.75 Å². The summed E-state index contributed by atoms with van der Waals surface area (Å²) >= 11 is 0. The second-order valence-electron chi connectivity index (χ2n) is 3.05. The molecule has 0 atom stereocenters. The van der Waals surface area contributed by atoms with E-state index in [0.29, 0.717) is 6.61 Å². The number of unbranched alkanes of at least 4 members (excludes halogenated alkanes) is 1. The molecule has 1 nitrogen and oxygen atoms in total. The predicted octanol–water partition coefficient (Wildman–Crippen LogP) is 3.71. The van der Waals surface area contributed by atoms with E-state index in [9.17, 15) is 0 Å². The summed E-state index contributed by atoms with van der Waals surface area (Å²) in [4.78, 5) is 0. The van der Waals surface area contributed by atoms with Gasteiger partial charge in [-0.3, -0.25) is 0 Å². The van der Waals surface area contributed by atoms with Crippen LogP contribution < -0.4 is 4.74 Å². The summed E-state index contributed by atoms with van der Waals surface area (Å²) in [5.74, 6) is 0.935. The van der Waals surface area contributed by atoms with Gasteiger partial charge in [0.05, 0.1) is 6.61 Å². The number of benzene rings is 1. The molecule has 0 aromatic heterocycles. The van der Waals surface area contributed by atoms with Gasteiger partial charge in [0, 0.05) is 0 Å². The highest BCUT2D eigenvalue weighted by atomic mass is 16.5. The molecule has 75 valence electrons. The summed E-state index contributed by atoms with van der Waals surface area (Å²) in [6, 6.07) is 8.10. The van der Waals surface area contributed by atoms with Crippen molar-refractivity contribution in [1.82, 2.24) is 0 Å². The molecular weight excluding hydrogens is 172 g/mol. The molecule has 14 heavy (non-hydrogen) atoms. The molecule has 0 heterocycles. The molecule has 1 aromatic carbocycles. The molecule has 0 N–H and O–H groups in total. The Kier molecular flexibility index (Phi) is 4.84. The number of hydrogen-bond donors (Lipinski definition) is 0. The third kappa shape index (κ3) is 3.65. The summed E-state index contributed by atoms with van der Waals surface area (Å²) in [6.07, 6.45) is 6.21. The smallest absolute Gasteiger partial charge is 0.119 e. The molecule has 0 aliphatic carbocycles. The molecular formula is C13H17O. The van der Waals surface area contributed by atoms with Crippen LogP contribution in [0.4, 0.5) is 0 Å². The Morgan fingerprint density at radius 1 is 1.43 bits per heavy atom. The zero-order chi connectivity index (χ0) is 10.2. The van der Waals surface area contributed by atoms with Crippen LogP contribution in [0, 0.1) is 6.92 Å². The van der Waals surface area contributed by atoms with Gasteiger partial charge in [0.15, 0.2) is 0 Å². The second-order valence-corrected chi connectivity index (χ2v) is 3.05. The number of allylic oxidation sites excluding steroid dienone is 1. The minimum absolute atomic E-state index is 0.714. The summed E-state index contributed by atoms with van der Waals surface area (Å²) < 4.78 is 5.41. The first-order valence-corrected chi connectivity index (χ1v) is 5.05. The van der Waals surface area contributed by atoms with E-state index >= 15 is 0 Å². The highest BCUT2D eigenvalue weighted by Crippen LogP contribution is 2.14. The standard InChI is InChI=1S/C13H17O/c1-3-5-6-8-12-9-7-10-13(11-12)14-4-2/h6-11H,1,3-5H2,2H3. The monoisotopic (exact) mass is 189 g/mol. The van der Waals surface area contributed by atoms with Gasteiger partial charge in [-0.2, -0.15) is 0 Å². The van der Waals surface area contributed by atoms with Crippen LogP contribution in [-0.2, 0) is 0 Å². The second kappa shape index (κ2) is 6.25. The molecule has 0 saturated carbocycles. The highest BCUT2D eigenvalue weighted by Gasteiger charge is 1.91. The van der Waals surface area contributed by atoms with Crippen LogP contribution in [0.2, 0.25) is 0 Å². The van der Waals surface area contributed by atoms with Gasteiger partial charge in [-0.05, 0) is 37.5 Å². The molecule has 0 spiro atoms. The maximum Gasteiger partial charge on any atom is 0.119 e. The topological polar surface area (TPSA) is 9.23 Å². The predicted molar refractivity (Wildman–Crippen MR) is 61.2 cm³/mol. The molecule has 1 aromatic rings. The summed E-state index contributed by atoms with van der Waals surface area (Å²) in [5.41, 5.74) is 1.18. The molecule has 0 bridgehead atoms. The lowest BCUT2D eigenvalue weighted by Crippen LogP contribution is -1.90. The first-order valence-electron chi connectivity index (χ1n) is 5.05. The maximum absolute atomic E-state index is 5.41.